The maximum absolute atomic E-state index is 12.7. The van der Waals surface area contributed by atoms with Crippen LogP contribution in [0.15, 0.2) is 60.7 Å². The van der Waals surface area contributed by atoms with E-state index < -0.39 is 18.0 Å². The number of carbonyl (C=O) groups is 1. The predicted molar refractivity (Wildman–Crippen MR) is 102 cm³/mol. The van der Waals surface area contributed by atoms with Gasteiger partial charge in [0.15, 0.2) is 0 Å². The first-order chi connectivity index (χ1) is 13.8. The molecular formula is C22H19F3O4. The Morgan fingerprint density at radius 3 is 2.10 bits per heavy atom. The average molecular weight is 404 g/mol. The van der Waals surface area contributed by atoms with E-state index in [4.69, 9.17) is 14.2 Å². The summed E-state index contributed by atoms with van der Waals surface area (Å²) in [6.07, 6.45) is -4.93. The van der Waals surface area contributed by atoms with Gasteiger partial charge in [-0.2, -0.15) is 13.2 Å². The summed E-state index contributed by atoms with van der Waals surface area (Å²) >= 11 is 0. The summed E-state index contributed by atoms with van der Waals surface area (Å²) < 4.78 is 54.8. The number of hydrogen-bond acceptors (Lipinski definition) is 4. The van der Waals surface area contributed by atoms with Crippen molar-refractivity contribution < 1.29 is 32.2 Å². The zero-order valence-electron chi connectivity index (χ0n) is 15.8. The van der Waals surface area contributed by atoms with E-state index in [0.717, 1.165) is 17.5 Å². The van der Waals surface area contributed by atoms with Gasteiger partial charge < -0.3 is 14.2 Å². The normalized spacial score (nSPS) is 12.4. The Bertz CT molecular complexity index is 997. The van der Waals surface area contributed by atoms with Crippen LogP contribution in [-0.2, 0) is 15.7 Å². The van der Waals surface area contributed by atoms with Gasteiger partial charge in [-0.05, 0) is 36.4 Å². The summed E-state index contributed by atoms with van der Waals surface area (Å²) in [6, 6.07) is 15.1. The summed E-state index contributed by atoms with van der Waals surface area (Å²) in [4.78, 5) is 11.4. The van der Waals surface area contributed by atoms with Gasteiger partial charge in [0.2, 0.25) is 6.29 Å². The van der Waals surface area contributed by atoms with Crippen LogP contribution in [0.4, 0.5) is 13.2 Å². The number of hydrogen-bond donors (Lipinski definition) is 0. The van der Waals surface area contributed by atoms with Gasteiger partial charge in [-0.25, -0.2) is 0 Å². The van der Waals surface area contributed by atoms with Crippen molar-refractivity contribution >= 4 is 16.7 Å². The molecule has 0 fully saturated rings. The molecule has 0 saturated carbocycles. The SMILES string of the molecule is CCC(=O)OC(C)Oc1cccc2c(Oc3ccc(C(F)(F)F)cc3)cccc12. The van der Waals surface area contributed by atoms with Gasteiger partial charge in [-0.15, -0.1) is 0 Å². The highest BCUT2D eigenvalue weighted by Gasteiger charge is 2.30. The van der Waals surface area contributed by atoms with Crippen LogP contribution in [0.2, 0.25) is 0 Å². The first-order valence-electron chi connectivity index (χ1n) is 9.01. The third-order valence-electron chi connectivity index (χ3n) is 4.13. The highest BCUT2D eigenvalue weighted by atomic mass is 19.4. The highest BCUT2D eigenvalue weighted by molar-refractivity contribution is 5.93. The number of carbonyl (C=O) groups excluding carboxylic acids is 1. The smallest absolute Gasteiger partial charge is 0.416 e. The fraction of sp³-hybridized carbons (Fsp3) is 0.227. The first kappa shape index (κ1) is 20.5. The number of benzene rings is 3. The minimum absolute atomic E-state index is 0.244. The molecule has 3 rings (SSSR count). The van der Waals surface area contributed by atoms with Crippen LogP contribution in [0.3, 0.4) is 0 Å². The summed E-state index contributed by atoms with van der Waals surface area (Å²) in [6.45, 7) is 3.31. The Morgan fingerprint density at radius 2 is 1.52 bits per heavy atom. The highest BCUT2D eigenvalue weighted by Crippen LogP contribution is 2.36. The molecule has 7 heteroatoms. The maximum Gasteiger partial charge on any atom is 0.416 e. The van der Waals surface area contributed by atoms with E-state index in [0.29, 0.717) is 16.9 Å². The molecule has 0 bridgehead atoms. The summed E-state index contributed by atoms with van der Waals surface area (Å²) in [5.41, 5.74) is -0.742. The molecule has 0 aliphatic carbocycles. The molecule has 3 aromatic carbocycles. The van der Waals surface area contributed by atoms with Crippen LogP contribution in [0.25, 0.3) is 10.8 Å². The first-order valence-corrected chi connectivity index (χ1v) is 9.01. The Morgan fingerprint density at radius 1 is 0.931 bits per heavy atom. The molecule has 1 unspecified atom stereocenters. The molecule has 0 aliphatic rings. The van der Waals surface area contributed by atoms with Crippen molar-refractivity contribution in [2.75, 3.05) is 0 Å². The van der Waals surface area contributed by atoms with Gasteiger partial charge >= 0.3 is 12.1 Å². The molecule has 0 radical (unpaired) electrons. The van der Waals surface area contributed by atoms with Crippen molar-refractivity contribution in [1.82, 2.24) is 0 Å². The number of rotatable bonds is 6. The van der Waals surface area contributed by atoms with Crippen molar-refractivity contribution in [1.29, 1.82) is 0 Å². The molecule has 29 heavy (non-hydrogen) atoms. The van der Waals surface area contributed by atoms with E-state index in [1.54, 1.807) is 38.1 Å². The second kappa shape index (κ2) is 8.43. The minimum Gasteiger partial charge on any atom is -0.457 e. The molecule has 0 aliphatic heterocycles. The molecule has 0 saturated heterocycles. The molecule has 0 N–H and O–H groups in total. The largest absolute Gasteiger partial charge is 0.457 e. The second-order valence-corrected chi connectivity index (χ2v) is 6.26. The lowest BCUT2D eigenvalue weighted by Gasteiger charge is -2.17. The van der Waals surface area contributed by atoms with Crippen molar-refractivity contribution in [3.63, 3.8) is 0 Å². The lowest BCUT2D eigenvalue weighted by molar-refractivity contribution is -0.160. The molecule has 0 heterocycles. The lowest BCUT2D eigenvalue weighted by Crippen LogP contribution is -2.20. The average Bonchev–Trinajstić information content (AvgIpc) is 2.68. The van der Waals surface area contributed by atoms with Crippen molar-refractivity contribution in [2.45, 2.75) is 32.7 Å². The molecular weight excluding hydrogens is 385 g/mol. The number of halogens is 3. The Labute approximate surface area is 165 Å². The van der Waals surface area contributed by atoms with E-state index in [1.807, 2.05) is 12.1 Å². The van der Waals surface area contributed by atoms with Crippen LogP contribution < -0.4 is 9.47 Å². The number of fused-ring (bicyclic) bond motifs is 1. The Balaban J connectivity index is 1.86. The fourth-order valence-corrected chi connectivity index (χ4v) is 2.75. The summed E-state index contributed by atoms with van der Waals surface area (Å²) in [7, 11) is 0. The maximum atomic E-state index is 12.7. The minimum atomic E-state index is -4.40. The number of alkyl halides is 3. The zero-order chi connectivity index (χ0) is 21.0. The van der Waals surface area contributed by atoms with Gasteiger partial charge in [0.25, 0.3) is 0 Å². The van der Waals surface area contributed by atoms with Gasteiger partial charge in [0, 0.05) is 24.1 Å². The third kappa shape index (κ3) is 4.99. The van der Waals surface area contributed by atoms with Gasteiger partial charge in [-0.3, -0.25) is 4.79 Å². The van der Waals surface area contributed by atoms with Gasteiger partial charge in [0.1, 0.15) is 17.2 Å². The van der Waals surface area contributed by atoms with Crippen molar-refractivity contribution in [3.05, 3.63) is 66.2 Å². The van der Waals surface area contributed by atoms with Gasteiger partial charge in [-0.1, -0.05) is 31.2 Å². The van der Waals surface area contributed by atoms with E-state index in [2.05, 4.69) is 0 Å². The third-order valence-corrected chi connectivity index (χ3v) is 4.13. The van der Waals surface area contributed by atoms with Crippen LogP contribution in [0.5, 0.6) is 17.2 Å². The fourth-order valence-electron chi connectivity index (χ4n) is 2.75. The Kier molecular flexibility index (Phi) is 5.96. The van der Waals surface area contributed by atoms with Crippen molar-refractivity contribution in [2.24, 2.45) is 0 Å². The number of ether oxygens (including phenoxy) is 3. The topological polar surface area (TPSA) is 44.8 Å². The summed E-state index contributed by atoms with van der Waals surface area (Å²) in [5.74, 6) is 0.869. The van der Waals surface area contributed by atoms with E-state index in [-0.39, 0.29) is 18.1 Å². The van der Waals surface area contributed by atoms with E-state index in [9.17, 15) is 18.0 Å². The standard InChI is InChI=1S/C22H19F3O4/c1-3-21(26)28-14(2)27-19-8-4-7-18-17(19)6-5-9-20(18)29-16-12-10-15(11-13-16)22(23,24)25/h4-14H,3H2,1-2H3. The van der Waals surface area contributed by atoms with Crippen LogP contribution >= 0.6 is 0 Å². The molecule has 0 amide bonds. The zero-order valence-corrected chi connectivity index (χ0v) is 15.8. The molecule has 0 aromatic heterocycles. The molecule has 0 spiro atoms. The van der Waals surface area contributed by atoms with Crippen molar-refractivity contribution in [3.8, 4) is 17.2 Å². The summed E-state index contributed by atoms with van der Waals surface area (Å²) in [5, 5.41) is 1.43. The molecule has 1 atom stereocenters. The predicted octanol–water partition coefficient (Wildman–Crippen LogP) is 6.33. The van der Waals surface area contributed by atoms with Gasteiger partial charge in [0.05, 0.1) is 5.56 Å². The Hall–Kier alpha value is -3.22. The molecule has 4 nitrogen and oxygen atoms in total. The van der Waals surface area contributed by atoms with Crippen LogP contribution in [-0.4, -0.2) is 12.3 Å². The lowest BCUT2D eigenvalue weighted by atomic mass is 10.1. The van der Waals surface area contributed by atoms with E-state index in [1.165, 1.54) is 12.1 Å². The van der Waals surface area contributed by atoms with Crippen LogP contribution in [0, 0.1) is 0 Å². The second-order valence-electron chi connectivity index (χ2n) is 6.26. The number of esters is 1. The quantitative estimate of drug-likeness (QED) is 0.356. The van der Waals surface area contributed by atoms with Crippen LogP contribution in [0.1, 0.15) is 25.8 Å². The molecule has 3 aromatic rings. The molecule has 152 valence electrons. The van der Waals surface area contributed by atoms with E-state index >= 15 is 0 Å². The monoisotopic (exact) mass is 404 g/mol.